The van der Waals surface area contributed by atoms with Gasteiger partial charge in [0, 0.05) is 48.6 Å². The topological polar surface area (TPSA) is 74.7 Å². The van der Waals surface area contributed by atoms with Gasteiger partial charge in [-0.1, -0.05) is 18.2 Å². The summed E-state index contributed by atoms with van der Waals surface area (Å²) in [6.45, 7) is 6.59. The van der Waals surface area contributed by atoms with E-state index >= 15 is 0 Å². The van der Waals surface area contributed by atoms with Crippen LogP contribution in [-0.4, -0.2) is 58.9 Å². The number of benzene rings is 1. The zero-order chi connectivity index (χ0) is 21.0. The van der Waals surface area contributed by atoms with Gasteiger partial charge in [-0.15, -0.1) is 0 Å². The SMILES string of the molecule is Cc1cccc(C)c1NC(=O)CN1CCN(C(=O)Cn2cc(Br)ccc2=O)CC1. The van der Waals surface area contributed by atoms with Crippen LogP contribution in [0.2, 0.25) is 0 Å². The maximum absolute atomic E-state index is 12.5. The van der Waals surface area contributed by atoms with Crippen molar-refractivity contribution in [3.8, 4) is 0 Å². The van der Waals surface area contributed by atoms with Crippen molar-refractivity contribution in [3.05, 3.63) is 62.5 Å². The molecule has 7 nitrogen and oxygen atoms in total. The number of amides is 2. The maximum atomic E-state index is 12.5. The van der Waals surface area contributed by atoms with Crippen LogP contribution in [0.25, 0.3) is 0 Å². The third-order valence-corrected chi connectivity index (χ3v) is 5.56. The van der Waals surface area contributed by atoms with E-state index < -0.39 is 0 Å². The number of rotatable bonds is 5. The van der Waals surface area contributed by atoms with E-state index in [-0.39, 0.29) is 23.9 Å². The average molecular weight is 461 g/mol. The lowest BCUT2D eigenvalue weighted by Gasteiger charge is -2.34. The van der Waals surface area contributed by atoms with Gasteiger partial charge in [0.15, 0.2) is 0 Å². The molecule has 1 N–H and O–H groups in total. The number of anilines is 1. The van der Waals surface area contributed by atoms with Crippen LogP contribution in [0.4, 0.5) is 5.69 Å². The molecule has 2 aromatic rings. The van der Waals surface area contributed by atoms with E-state index in [2.05, 4.69) is 21.2 Å². The number of piperazine rings is 1. The number of carbonyl (C=O) groups is 2. The number of aryl methyl sites for hydroxylation is 2. The molecule has 1 aliphatic heterocycles. The number of hydrogen-bond acceptors (Lipinski definition) is 4. The molecule has 8 heteroatoms. The van der Waals surface area contributed by atoms with Gasteiger partial charge in [0.2, 0.25) is 11.8 Å². The molecule has 29 heavy (non-hydrogen) atoms. The van der Waals surface area contributed by atoms with Crippen LogP contribution in [0, 0.1) is 13.8 Å². The highest BCUT2D eigenvalue weighted by Gasteiger charge is 2.23. The molecule has 0 bridgehead atoms. The lowest BCUT2D eigenvalue weighted by atomic mass is 10.1. The van der Waals surface area contributed by atoms with Crippen LogP contribution in [-0.2, 0) is 16.1 Å². The quantitative estimate of drug-likeness (QED) is 0.740. The van der Waals surface area contributed by atoms with Gasteiger partial charge in [-0.2, -0.15) is 0 Å². The van der Waals surface area contributed by atoms with Gasteiger partial charge in [0.05, 0.1) is 6.54 Å². The van der Waals surface area contributed by atoms with Crippen molar-refractivity contribution < 1.29 is 9.59 Å². The van der Waals surface area contributed by atoms with E-state index in [1.165, 1.54) is 10.6 Å². The summed E-state index contributed by atoms with van der Waals surface area (Å²) in [4.78, 5) is 40.6. The summed E-state index contributed by atoms with van der Waals surface area (Å²) in [6.07, 6.45) is 1.62. The summed E-state index contributed by atoms with van der Waals surface area (Å²) in [6, 6.07) is 9.02. The number of aromatic nitrogens is 1. The van der Waals surface area contributed by atoms with E-state index in [0.717, 1.165) is 21.3 Å². The first kappa shape index (κ1) is 21.3. The van der Waals surface area contributed by atoms with Gasteiger partial charge < -0.3 is 14.8 Å². The number of pyridine rings is 1. The minimum absolute atomic E-state index is 0.0192. The first-order valence-corrected chi connectivity index (χ1v) is 10.3. The van der Waals surface area contributed by atoms with Crippen molar-refractivity contribution in [1.82, 2.24) is 14.4 Å². The number of nitrogens with zero attached hydrogens (tertiary/aromatic N) is 3. The van der Waals surface area contributed by atoms with Gasteiger partial charge in [0.25, 0.3) is 5.56 Å². The number of para-hydroxylation sites is 1. The van der Waals surface area contributed by atoms with Crippen molar-refractivity contribution in [2.75, 3.05) is 38.0 Å². The Morgan fingerprint density at radius 3 is 2.31 bits per heavy atom. The first-order chi connectivity index (χ1) is 13.8. The predicted octanol–water partition coefficient (Wildman–Crippen LogP) is 2.01. The van der Waals surface area contributed by atoms with E-state index in [0.29, 0.717) is 32.7 Å². The molecule has 154 valence electrons. The van der Waals surface area contributed by atoms with Crippen LogP contribution in [0.3, 0.4) is 0 Å². The van der Waals surface area contributed by atoms with Crippen molar-refractivity contribution in [2.24, 2.45) is 0 Å². The molecular formula is C21H25BrN4O3. The van der Waals surface area contributed by atoms with Gasteiger partial charge in [0.1, 0.15) is 6.54 Å². The summed E-state index contributed by atoms with van der Waals surface area (Å²) in [5, 5.41) is 3.00. The molecule has 0 aliphatic carbocycles. The molecule has 1 fully saturated rings. The van der Waals surface area contributed by atoms with Gasteiger partial charge in [-0.25, -0.2) is 0 Å². The second-order valence-corrected chi connectivity index (χ2v) is 8.20. The van der Waals surface area contributed by atoms with Crippen LogP contribution >= 0.6 is 15.9 Å². The van der Waals surface area contributed by atoms with Gasteiger partial charge >= 0.3 is 0 Å². The number of hydrogen-bond donors (Lipinski definition) is 1. The molecule has 1 aromatic heterocycles. The fraction of sp³-hybridized carbons (Fsp3) is 0.381. The van der Waals surface area contributed by atoms with Crippen molar-refractivity contribution in [2.45, 2.75) is 20.4 Å². The molecule has 1 saturated heterocycles. The first-order valence-electron chi connectivity index (χ1n) is 9.55. The lowest BCUT2D eigenvalue weighted by Crippen LogP contribution is -2.51. The Morgan fingerprint density at radius 1 is 1.00 bits per heavy atom. The zero-order valence-corrected chi connectivity index (χ0v) is 18.2. The molecule has 3 rings (SSSR count). The zero-order valence-electron chi connectivity index (χ0n) is 16.7. The summed E-state index contributed by atoms with van der Waals surface area (Å²) >= 11 is 3.32. The molecule has 1 aliphatic rings. The van der Waals surface area contributed by atoms with Crippen molar-refractivity contribution in [1.29, 1.82) is 0 Å². The highest BCUT2D eigenvalue weighted by molar-refractivity contribution is 9.10. The highest BCUT2D eigenvalue weighted by Crippen LogP contribution is 2.19. The fourth-order valence-corrected chi connectivity index (χ4v) is 3.80. The molecule has 0 atom stereocenters. The Bertz CT molecular complexity index is 944. The Morgan fingerprint density at radius 2 is 1.66 bits per heavy atom. The second-order valence-electron chi connectivity index (χ2n) is 7.29. The fourth-order valence-electron chi connectivity index (χ4n) is 3.42. The Labute approximate surface area is 178 Å². The third-order valence-electron chi connectivity index (χ3n) is 5.09. The predicted molar refractivity (Wildman–Crippen MR) is 116 cm³/mol. The second kappa shape index (κ2) is 9.37. The van der Waals surface area contributed by atoms with E-state index in [1.807, 2.05) is 36.9 Å². The minimum atomic E-state index is -0.205. The molecular weight excluding hydrogens is 436 g/mol. The Hall–Kier alpha value is -2.45. The van der Waals surface area contributed by atoms with Gasteiger partial charge in [-0.3, -0.25) is 19.3 Å². The highest BCUT2D eigenvalue weighted by atomic mass is 79.9. The van der Waals surface area contributed by atoms with Crippen LogP contribution in [0.15, 0.2) is 45.8 Å². The summed E-state index contributed by atoms with van der Waals surface area (Å²) < 4.78 is 2.15. The number of carbonyl (C=O) groups excluding carboxylic acids is 2. The standard InChI is InChI=1S/C21H25BrN4O3/c1-15-4-3-5-16(2)21(15)23-18(27)13-24-8-10-25(11-9-24)20(29)14-26-12-17(22)6-7-19(26)28/h3-7,12H,8-11,13-14H2,1-2H3,(H,23,27). The largest absolute Gasteiger partial charge is 0.339 e. The monoisotopic (exact) mass is 460 g/mol. The molecule has 0 spiro atoms. The van der Waals surface area contributed by atoms with E-state index in [9.17, 15) is 14.4 Å². The number of nitrogens with one attached hydrogen (secondary N) is 1. The molecule has 0 saturated carbocycles. The molecule has 0 unspecified atom stereocenters. The molecule has 2 heterocycles. The maximum Gasteiger partial charge on any atom is 0.251 e. The van der Waals surface area contributed by atoms with Crippen LogP contribution < -0.4 is 10.9 Å². The van der Waals surface area contributed by atoms with E-state index in [4.69, 9.17) is 0 Å². The van der Waals surface area contributed by atoms with Gasteiger partial charge in [-0.05, 0) is 47.0 Å². The molecule has 1 aromatic carbocycles. The Balaban J connectivity index is 1.50. The average Bonchev–Trinajstić information content (AvgIpc) is 2.68. The van der Waals surface area contributed by atoms with Crippen molar-refractivity contribution >= 4 is 33.4 Å². The van der Waals surface area contributed by atoms with Crippen LogP contribution in [0.5, 0.6) is 0 Å². The molecule has 0 radical (unpaired) electrons. The molecule has 2 amide bonds. The summed E-state index contributed by atoms with van der Waals surface area (Å²) in [7, 11) is 0. The smallest absolute Gasteiger partial charge is 0.251 e. The normalized spacial score (nSPS) is 14.7. The third kappa shape index (κ3) is 5.55. The Kier molecular flexibility index (Phi) is 6.87. The van der Waals surface area contributed by atoms with E-state index in [1.54, 1.807) is 17.2 Å². The van der Waals surface area contributed by atoms with Crippen LogP contribution in [0.1, 0.15) is 11.1 Å². The summed E-state index contributed by atoms with van der Waals surface area (Å²) in [5.74, 6) is -0.146. The van der Waals surface area contributed by atoms with Crippen molar-refractivity contribution in [3.63, 3.8) is 0 Å². The minimum Gasteiger partial charge on any atom is -0.339 e. The number of halogens is 1. The summed E-state index contributed by atoms with van der Waals surface area (Å²) in [5.41, 5.74) is 2.74. The lowest BCUT2D eigenvalue weighted by molar-refractivity contribution is -0.133.